The van der Waals surface area contributed by atoms with Gasteiger partial charge in [0.2, 0.25) is 0 Å². The van der Waals surface area contributed by atoms with Crippen LogP contribution in [0.15, 0.2) is 18.5 Å². The summed E-state index contributed by atoms with van der Waals surface area (Å²) in [6.45, 7) is 2.77. The fourth-order valence-electron chi connectivity index (χ4n) is 4.85. The van der Waals surface area contributed by atoms with E-state index < -0.39 is 0 Å². The lowest BCUT2D eigenvalue weighted by molar-refractivity contribution is -0.0275. The molecule has 0 bridgehead atoms. The first-order valence-corrected chi connectivity index (χ1v) is 14.7. The molecule has 2 rings (SSSR count). The van der Waals surface area contributed by atoms with Crippen LogP contribution in [-0.2, 0) is 14.2 Å². The van der Waals surface area contributed by atoms with E-state index in [2.05, 4.69) is 9.97 Å². The molecule has 208 valence electrons. The van der Waals surface area contributed by atoms with E-state index in [1.54, 1.807) is 18.5 Å². The second-order valence-electron chi connectivity index (χ2n) is 10.1. The zero-order valence-electron chi connectivity index (χ0n) is 22.6. The molecule has 1 aromatic rings. The number of unbranched alkanes of at least 4 members (excludes halogenated alkanes) is 9. The fraction of sp³-hybridized carbons (Fsp3) is 0.862. The van der Waals surface area contributed by atoms with Crippen molar-refractivity contribution in [3.05, 3.63) is 18.5 Å². The zero-order valence-corrected chi connectivity index (χ0v) is 22.6. The van der Waals surface area contributed by atoms with Gasteiger partial charge in [0.25, 0.3) is 0 Å². The molecule has 36 heavy (non-hydrogen) atoms. The topological polar surface area (TPSA) is 82.9 Å². The van der Waals surface area contributed by atoms with E-state index >= 15 is 0 Å². The van der Waals surface area contributed by atoms with Gasteiger partial charge < -0.3 is 24.1 Å². The number of aliphatic hydroxyl groups is 1. The van der Waals surface area contributed by atoms with Gasteiger partial charge in [-0.25, -0.2) is 9.97 Å². The highest BCUT2D eigenvalue weighted by Crippen LogP contribution is 2.28. The van der Waals surface area contributed by atoms with Gasteiger partial charge in [0, 0.05) is 19.0 Å². The molecule has 0 amide bonds. The van der Waals surface area contributed by atoms with Crippen molar-refractivity contribution in [2.75, 3.05) is 46.2 Å². The predicted octanol–water partition coefficient (Wildman–Crippen LogP) is 6.14. The molecule has 1 heterocycles. The van der Waals surface area contributed by atoms with Crippen LogP contribution in [-0.4, -0.2) is 67.4 Å². The quantitative estimate of drug-likeness (QED) is 0.168. The molecule has 7 heteroatoms. The van der Waals surface area contributed by atoms with Gasteiger partial charge in [0.05, 0.1) is 39.6 Å². The minimum Gasteiger partial charge on any atom is -0.455 e. The molecule has 7 nitrogen and oxygen atoms in total. The highest BCUT2D eigenvalue weighted by atomic mass is 16.6. The summed E-state index contributed by atoms with van der Waals surface area (Å²) in [5.41, 5.74) is 0. The molecule has 1 aromatic heterocycles. The molecule has 1 fully saturated rings. The Morgan fingerprint density at radius 3 is 1.94 bits per heavy atom. The van der Waals surface area contributed by atoms with E-state index in [4.69, 9.17) is 24.1 Å². The Morgan fingerprint density at radius 2 is 1.28 bits per heavy atom. The summed E-state index contributed by atoms with van der Waals surface area (Å²) < 4.78 is 22.5. The first-order valence-electron chi connectivity index (χ1n) is 14.7. The standard InChI is InChI=1S/C29H52N2O5/c32-20-22-33-23-24-35-26-28(36-29-30-18-14-19-31-29)25-34-21-13-8-6-4-2-1-3-5-7-10-15-27-16-11-9-12-17-27/h14,18-19,27-28,32H,1-13,15-17,20-26H2. The van der Waals surface area contributed by atoms with Crippen LogP contribution < -0.4 is 4.74 Å². The van der Waals surface area contributed by atoms with E-state index in [-0.39, 0.29) is 12.7 Å². The van der Waals surface area contributed by atoms with Crippen LogP contribution in [0.1, 0.15) is 103 Å². The van der Waals surface area contributed by atoms with Crippen LogP contribution in [0.25, 0.3) is 0 Å². The summed E-state index contributed by atoms with van der Waals surface area (Å²) in [6.07, 6.45) is 25.4. The van der Waals surface area contributed by atoms with Gasteiger partial charge in [-0.1, -0.05) is 96.3 Å². The Morgan fingerprint density at radius 1 is 0.694 bits per heavy atom. The highest BCUT2D eigenvalue weighted by molar-refractivity contribution is 4.94. The number of nitrogens with zero attached hydrogens (tertiary/aromatic N) is 2. The van der Waals surface area contributed by atoms with Gasteiger partial charge in [-0.15, -0.1) is 0 Å². The second kappa shape index (κ2) is 22.9. The van der Waals surface area contributed by atoms with Crippen LogP contribution in [0.5, 0.6) is 6.01 Å². The van der Waals surface area contributed by atoms with Crippen molar-refractivity contribution in [3.8, 4) is 6.01 Å². The van der Waals surface area contributed by atoms with Crippen LogP contribution in [0.3, 0.4) is 0 Å². The number of ether oxygens (including phenoxy) is 4. The molecular formula is C29H52N2O5. The average Bonchev–Trinajstić information content (AvgIpc) is 2.91. The number of rotatable bonds is 24. The molecule has 1 aliphatic carbocycles. The number of hydrogen-bond acceptors (Lipinski definition) is 7. The number of aromatic nitrogens is 2. The van der Waals surface area contributed by atoms with E-state index in [0.29, 0.717) is 39.0 Å². The largest absolute Gasteiger partial charge is 0.455 e. The predicted molar refractivity (Wildman–Crippen MR) is 143 cm³/mol. The Bertz CT molecular complexity index is 586. The first kappa shape index (κ1) is 30.9. The van der Waals surface area contributed by atoms with Gasteiger partial charge in [0.15, 0.2) is 0 Å². The maximum atomic E-state index is 8.74. The maximum absolute atomic E-state index is 8.74. The lowest BCUT2D eigenvalue weighted by atomic mass is 9.85. The third kappa shape index (κ3) is 17.2. The highest BCUT2D eigenvalue weighted by Gasteiger charge is 2.14. The molecule has 1 atom stereocenters. The third-order valence-corrected chi connectivity index (χ3v) is 6.91. The van der Waals surface area contributed by atoms with E-state index in [1.165, 1.54) is 96.3 Å². The molecule has 1 saturated carbocycles. The normalized spacial score (nSPS) is 15.2. The molecule has 1 N–H and O–H groups in total. The lowest BCUT2D eigenvalue weighted by Gasteiger charge is -2.21. The Kier molecular flexibility index (Phi) is 19.7. The molecule has 0 aliphatic heterocycles. The van der Waals surface area contributed by atoms with Crippen molar-refractivity contribution < 1.29 is 24.1 Å². The van der Waals surface area contributed by atoms with Gasteiger partial charge in [0.1, 0.15) is 6.10 Å². The molecule has 0 aromatic carbocycles. The summed E-state index contributed by atoms with van der Waals surface area (Å²) in [5, 5.41) is 8.74. The monoisotopic (exact) mass is 508 g/mol. The van der Waals surface area contributed by atoms with Crippen LogP contribution in [0.2, 0.25) is 0 Å². The SMILES string of the molecule is OCCOCCOCC(COCCCCCCCCCCCCC1CCCCC1)Oc1ncccn1. The summed E-state index contributed by atoms with van der Waals surface area (Å²) in [5.74, 6) is 1.05. The van der Waals surface area contributed by atoms with Crippen molar-refractivity contribution in [2.45, 2.75) is 109 Å². The maximum Gasteiger partial charge on any atom is 0.316 e. The van der Waals surface area contributed by atoms with Crippen molar-refractivity contribution in [2.24, 2.45) is 5.92 Å². The molecule has 0 spiro atoms. The summed E-state index contributed by atoms with van der Waals surface area (Å²) in [4.78, 5) is 8.25. The average molecular weight is 509 g/mol. The second-order valence-corrected chi connectivity index (χ2v) is 10.1. The van der Waals surface area contributed by atoms with Crippen molar-refractivity contribution in [3.63, 3.8) is 0 Å². The Balaban J connectivity index is 1.40. The third-order valence-electron chi connectivity index (χ3n) is 6.91. The summed E-state index contributed by atoms with van der Waals surface area (Å²) >= 11 is 0. The molecule has 0 saturated heterocycles. The number of aliphatic hydroxyl groups excluding tert-OH is 1. The molecule has 1 unspecified atom stereocenters. The smallest absolute Gasteiger partial charge is 0.316 e. The summed E-state index contributed by atoms with van der Waals surface area (Å²) in [6, 6.07) is 2.09. The van der Waals surface area contributed by atoms with Crippen molar-refractivity contribution in [1.29, 1.82) is 0 Å². The van der Waals surface area contributed by atoms with Crippen LogP contribution in [0.4, 0.5) is 0 Å². The van der Waals surface area contributed by atoms with Crippen LogP contribution >= 0.6 is 0 Å². The first-order chi connectivity index (χ1) is 17.9. The molecule has 0 radical (unpaired) electrons. The Labute approximate surface area is 219 Å². The van der Waals surface area contributed by atoms with Gasteiger partial charge in [-0.05, 0) is 18.4 Å². The zero-order chi connectivity index (χ0) is 25.4. The van der Waals surface area contributed by atoms with Gasteiger partial charge in [-0.3, -0.25) is 0 Å². The van der Waals surface area contributed by atoms with E-state index in [9.17, 15) is 0 Å². The fourth-order valence-corrected chi connectivity index (χ4v) is 4.85. The van der Waals surface area contributed by atoms with Gasteiger partial charge >= 0.3 is 6.01 Å². The van der Waals surface area contributed by atoms with E-state index in [0.717, 1.165) is 18.9 Å². The number of hydrogen-bond donors (Lipinski definition) is 1. The molecular weight excluding hydrogens is 456 g/mol. The Hall–Kier alpha value is -1.28. The molecule has 1 aliphatic rings. The minimum absolute atomic E-state index is 0.0191. The lowest BCUT2D eigenvalue weighted by Crippen LogP contribution is -2.30. The van der Waals surface area contributed by atoms with E-state index in [1.807, 2.05) is 0 Å². The van der Waals surface area contributed by atoms with Gasteiger partial charge in [-0.2, -0.15) is 0 Å². The van der Waals surface area contributed by atoms with Crippen molar-refractivity contribution in [1.82, 2.24) is 9.97 Å². The van der Waals surface area contributed by atoms with Crippen molar-refractivity contribution >= 4 is 0 Å². The minimum atomic E-state index is -0.270. The summed E-state index contributed by atoms with van der Waals surface area (Å²) in [7, 11) is 0. The van der Waals surface area contributed by atoms with Crippen LogP contribution in [0, 0.1) is 5.92 Å².